The average Bonchev–Trinajstić information content (AvgIpc) is 2.30. The molecule has 2 aliphatic rings. The van der Waals surface area contributed by atoms with Gasteiger partial charge in [0.15, 0.2) is 0 Å². The van der Waals surface area contributed by atoms with Crippen molar-refractivity contribution in [3.05, 3.63) is 0 Å². The average molecular weight is 226 g/mol. The van der Waals surface area contributed by atoms with Crippen molar-refractivity contribution in [1.82, 2.24) is 4.90 Å². The Morgan fingerprint density at radius 3 is 2.56 bits per heavy atom. The highest BCUT2D eigenvalue weighted by molar-refractivity contribution is 5.78. The Morgan fingerprint density at radius 2 is 1.94 bits per heavy atom. The van der Waals surface area contributed by atoms with Crippen molar-refractivity contribution in [2.45, 2.75) is 56.5 Å². The molecule has 92 valence electrons. The number of carboxylic acids is 1. The van der Waals surface area contributed by atoms with Crippen LogP contribution in [0.15, 0.2) is 0 Å². The summed E-state index contributed by atoms with van der Waals surface area (Å²) >= 11 is 0. The van der Waals surface area contributed by atoms with Crippen LogP contribution in [0.5, 0.6) is 0 Å². The van der Waals surface area contributed by atoms with Crippen LogP contribution in [0, 0.1) is 0 Å². The molecule has 1 heterocycles. The van der Waals surface area contributed by atoms with Crippen LogP contribution in [-0.2, 0) is 4.79 Å². The highest BCUT2D eigenvalue weighted by Crippen LogP contribution is 2.31. The number of nitrogens with two attached hydrogens (primary N) is 1. The van der Waals surface area contributed by atoms with Gasteiger partial charge < -0.3 is 15.7 Å². The number of likely N-dealkylation sites (tertiary alicyclic amines) is 1. The lowest BCUT2D eigenvalue weighted by Gasteiger charge is -2.42. The Bertz CT molecular complexity index is 264. The van der Waals surface area contributed by atoms with Crippen LogP contribution in [0.4, 0.5) is 0 Å². The Balaban J connectivity index is 1.98. The molecule has 1 saturated heterocycles. The summed E-state index contributed by atoms with van der Waals surface area (Å²) in [6, 6.07) is 0.398. The predicted octanol–water partition coefficient (Wildman–Crippen LogP) is 1.20. The molecule has 0 aromatic heterocycles. The van der Waals surface area contributed by atoms with E-state index in [0.717, 1.165) is 25.9 Å². The maximum absolute atomic E-state index is 11.2. The van der Waals surface area contributed by atoms with Crippen molar-refractivity contribution in [1.29, 1.82) is 0 Å². The summed E-state index contributed by atoms with van der Waals surface area (Å²) in [5.41, 5.74) is 5.00. The Morgan fingerprint density at radius 1 is 1.25 bits per heavy atom. The molecule has 0 aromatic carbocycles. The van der Waals surface area contributed by atoms with Crippen molar-refractivity contribution >= 4 is 5.97 Å². The van der Waals surface area contributed by atoms with Gasteiger partial charge in [-0.25, -0.2) is 0 Å². The SMILES string of the molecule is NC1(C(=O)O)CCCC(N2CCCCC2)C1. The van der Waals surface area contributed by atoms with E-state index >= 15 is 0 Å². The van der Waals surface area contributed by atoms with Gasteiger partial charge in [0.1, 0.15) is 5.54 Å². The van der Waals surface area contributed by atoms with Gasteiger partial charge in [-0.05, 0) is 51.6 Å². The molecule has 16 heavy (non-hydrogen) atoms. The van der Waals surface area contributed by atoms with Crippen LogP contribution in [0.2, 0.25) is 0 Å². The standard InChI is InChI=1S/C12H22N2O2/c13-12(11(15)16)6-4-5-10(9-12)14-7-2-1-3-8-14/h10H,1-9,13H2,(H,15,16). The lowest BCUT2D eigenvalue weighted by molar-refractivity contribution is -0.145. The Labute approximate surface area is 96.8 Å². The van der Waals surface area contributed by atoms with E-state index in [0.29, 0.717) is 18.9 Å². The zero-order valence-electron chi connectivity index (χ0n) is 9.82. The number of hydrogen-bond acceptors (Lipinski definition) is 3. The second-order valence-electron chi connectivity index (χ2n) is 5.31. The van der Waals surface area contributed by atoms with Crippen LogP contribution in [-0.4, -0.2) is 40.6 Å². The number of aliphatic carboxylic acids is 1. The maximum atomic E-state index is 11.2. The number of piperidine rings is 1. The normalized spacial score (nSPS) is 37.2. The van der Waals surface area contributed by atoms with E-state index in [2.05, 4.69) is 4.90 Å². The van der Waals surface area contributed by atoms with Crippen molar-refractivity contribution in [3.63, 3.8) is 0 Å². The van der Waals surface area contributed by atoms with E-state index in [9.17, 15) is 9.90 Å². The topological polar surface area (TPSA) is 66.6 Å². The van der Waals surface area contributed by atoms with Crippen molar-refractivity contribution in [2.75, 3.05) is 13.1 Å². The van der Waals surface area contributed by atoms with Gasteiger partial charge in [0.05, 0.1) is 0 Å². The van der Waals surface area contributed by atoms with Crippen LogP contribution < -0.4 is 5.73 Å². The summed E-state index contributed by atoms with van der Waals surface area (Å²) in [5, 5.41) is 9.17. The van der Waals surface area contributed by atoms with Gasteiger partial charge in [-0.2, -0.15) is 0 Å². The first kappa shape index (κ1) is 11.9. The van der Waals surface area contributed by atoms with Gasteiger partial charge in [0.2, 0.25) is 0 Å². The number of carbonyl (C=O) groups is 1. The first-order valence-corrected chi connectivity index (χ1v) is 6.38. The Hall–Kier alpha value is -0.610. The molecule has 1 aliphatic heterocycles. The molecule has 2 atom stereocenters. The summed E-state index contributed by atoms with van der Waals surface area (Å²) in [4.78, 5) is 13.6. The minimum atomic E-state index is -0.972. The molecule has 2 fully saturated rings. The number of nitrogens with zero attached hydrogens (tertiary/aromatic N) is 1. The molecule has 0 bridgehead atoms. The fraction of sp³-hybridized carbons (Fsp3) is 0.917. The zero-order valence-corrected chi connectivity index (χ0v) is 9.82. The van der Waals surface area contributed by atoms with E-state index in [1.54, 1.807) is 0 Å². The van der Waals surface area contributed by atoms with Crippen molar-refractivity contribution < 1.29 is 9.90 Å². The Kier molecular flexibility index (Phi) is 3.50. The fourth-order valence-corrected chi connectivity index (χ4v) is 3.07. The molecule has 0 amide bonds. The molecule has 4 nitrogen and oxygen atoms in total. The van der Waals surface area contributed by atoms with Crippen molar-refractivity contribution in [2.24, 2.45) is 5.73 Å². The van der Waals surface area contributed by atoms with Gasteiger partial charge in [0, 0.05) is 6.04 Å². The summed E-state index contributed by atoms with van der Waals surface area (Å²) in [6.07, 6.45) is 7.14. The second-order valence-corrected chi connectivity index (χ2v) is 5.31. The monoisotopic (exact) mass is 226 g/mol. The highest BCUT2D eigenvalue weighted by Gasteiger charge is 2.41. The van der Waals surface area contributed by atoms with Gasteiger partial charge in [-0.3, -0.25) is 4.79 Å². The number of carboxylic acid groups (broad SMARTS) is 1. The zero-order chi connectivity index (χ0) is 11.6. The molecular formula is C12H22N2O2. The number of rotatable bonds is 2. The third-order valence-corrected chi connectivity index (χ3v) is 4.09. The molecule has 2 unspecified atom stereocenters. The number of hydrogen-bond donors (Lipinski definition) is 2. The molecule has 0 spiro atoms. The summed E-state index contributed by atoms with van der Waals surface area (Å²) in [5.74, 6) is -0.825. The lowest BCUT2D eigenvalue weighted by Crippen LogP contribution is -2.56. The van der Waals surface area contributed by atoms with E-state index in [1.807, 2.05) is 0 Å². The van der Waals surface area contributed by atoms with E-state index in [4.69, 9.17) is 5.73 Å². The second kappa shape index (κ2) is 4.72. The van der Waals surface area contributed by atoms with Crippen molar-refractivity contribution in [3.8, 4) is 0 Å². The van der Waals surface area contributed by atoms with Crippen LogP contribution >= 0.6 is 0 Å². The van der Waals surface area contributed by atoms with Gasteiger partial charge in [-0.1, -0.05) is 6.42 Å². The molecule has 1 saturated carbocycles. The third-order valence-electron chi connectivity index (χ3n) is 4.09. The highest BCUT2D eigenvalue weighted by atomic mass is 16.4. The van der Waals surface area contributed by atoms with E-state index in [1.165, 1.54) is 19.3 Å². The summed E-state index contributed by atoms with van der Waals surface area (Å²) in [7, 11) is 0. The van der Waals surface area contributed by atoms with Crippen LogP contribution in [0.3, 0.4) is 0 Å². The molecule has 0 aromatic rings. The molecule has 4 heteroatoms. The third kappa shape index (κ3) is 2.38. The lowest BCUT2D eigenvalue weighted by atomic mass is 9.79. The predicted molar refractivity (Wildman–Crippen MR) is 62.2 cm³/mol. The molecule has 2 rings (SSSR count). The van der Waals surface area contributed by atoms with E-state index < -0.39 is 11.5 Å². The summed E-state index contributed by atoms with van der Waals surface area (Å²) < 4.78 is 0. The first-order chi connectivity index (χ1) is 7.62. The van der Waals surface area contributed by atoms with Crippen LogP contribution in [0.1, 0.15) is 44.9 Å². The van der Waals surface area contributed by atoms with Gasteiger partial charge in [-0.15, -0.1) is 0 Å². The maximum Gasteiger partial charge on any atom is 0.323 e. The van der Waals surface area contributed by atoms with Gasteiger partial charge in [0.25, 0.3) is 0 Å². The molecular weight excluding hydrogens is 204 g/mol. The molecule has 1 aliphatic carbocycles. The van der Waals surface area contributed by atoms with Crippen LogP contribution in [0.25, 0.3) is 0 Å². The first-order valence-electron chi connectivity index (χ1n) is 6.38. The fourth-order valence-electron chi connectivity index (χ4n) is 3.07. The minimum Gasteiger partial charge on any atom is -0.480 e. The smallest absolute Gasteiger partial charge is 0.323 e. The summed E-state index contributed by atoms with van der Waals surface area (Å²) in [6.45, 7) is 2.25. The quantitative estimate of drug-likeness (QED) is 0.742. The van der Waals surface area contributed by atoms with Gasteiger partial charge >= 0.3 is 5.97 Å². The minimum absolute atomic E-state index is 0.398. The molecule has 3 N–H and O–H groups in total. The molecule has 0 radical (unpaired) electrons. The largest absolute Gasteiger partial charge is 0.480 e. The van der Waals surface area contributed by atoms with E-state index in [-0.39, 0.29) is 0 Å².